The third-order valence-corrected chi connectivity index (χ3v) is 4.63. The second kappa shape index (κ2) is 6.12. The summed E-state index contributed by atoms with van der Waals surface area (Å²) in [6.07, 6.45) is -0.156. The molecule has 7 heteroatoms. The van der Waals surface area contributed by atoms with Crippen LogP contribution in [0.3, 0.4) is 0 Å². The van der Waals surface area contributed by atoms with Gasteiger partial charge in [0.15, 0.2) is 0 Å². The highest BCUT2D eigenvalue weighted by atomic mass is 19.4. The quantitative estimate of drug-likeness (QED) is 0.790. The first-order chi connectivity index (χ1) is 9.81. The third-order valence-electron chi connectivity index (χ3n) is 4.63. The fourth-order valence-electron chi connectivity index (χ4n) is 3.41. The number of alkyl halides is 3. The molecule has 4 nitrogen and oxygen atoms in total. The van der Waals surface area contributed by atoms with Crippen molar-refractivity contribution in [2.45, 2.75) is 62.3 Å². The van der Waals surface area contributed by atoms with Crippen molar-refractivity contribution in [2.75, 3.05) is 20.7 Å². The summed E-state index contributed by atoms with van der Waals surface area (Å²) in [6, 6.07) is -0.207. The van der Waals surface area contributed by atoms with Crippen molar-refractivity contribution in [3.05, 3.63) is 0 Å². The van der Waals surface area contributed by atoms with Gasteiger partial charge in [-0.1, -0.05) is 0 Å². The van der Waals surface area contributed by atoms with Crippen molar-refractivity contribution < 1.29 is 22.7 Å². The van der Waals surface area contributed by atoms with Gasteiger partial charge in [0.2, 0.25) is 0 Å². The van der Waals surface area contributed by atoms with E-state index in [2.05, 4.69) is 5.32 Å². The number of nitrogens with zero attached hydrogens (tertiary/aromatic N) is 1. The molecule has 0 aromatic carbocycles. The van der Waals surface area contributed by atoms with Crippen LogP contribution in [0.2, 0.25) is 0 Å². The first-order valence-corrected chi connectivity index (χ1v) is 7.41. The van der Waals surface area contributed by atoms with Gasteiger partial charge in [0.1, 0.15) is 5.54 Å². The van der Waals surface area contributed by atoms with Gasteiger partial charge in [-0.05, 0) is 45.6 Å². The standard InChI is InChI=1S/C14H23F3N2O2/c1-18-13(12(20)21-2)7-3-4-11(8-13)19(10-5-6-10)9-14(15,16)17/h10-11,18H,3-9H2,1-2H3. The largest absolute Gasteiger partial charge is 0.468 e. The zero-order chi connectivity index (χ0) is 15.7. The zero-order valence-corrected chi connectivity index (χ0v) is 12.5. The molecule has 1 N–H and O–H groups in total. The van der Waals surface area contributed by atoms with Crippen LogP contribution in [0.25, 0.3) is 0 Å². The van der Waals surface area contributed by atoms with Crippen LogP contribution >= 0.6 is 0 Å². The van der Waals surface area contributed by atoms with E-state index >= 15 is 0 Å². The molecule has 21 heavy (non-hydrogen) atoms. The van der Waals surface area contributed by atoms with E-state index in [-0.39, 0.29) is 18.1 Å². The number of ether oxygens (including phenoxy) is 1. The molecular formula is C14H23F3N2O2. The first kappa shape index (κ1) is 16.5. The monoisotopic (exact) mass is 308 g/mol. The molecule has 0 amide bonds. The second-order valence-electron chi connectivity index (χ2n) is 6.09. The molecule has 0 bridgehead atoms. The molecule has 0 aromatic rings. The molecular weight excluding hydrogens is 285 g/mol. The number of carbonyl (C=O) groups excluding carboxylic acids is 1. The van der Waals surface area contributed by atoms with E-state index in [0.717, 1.165) is 19.3 Å². The highest BCUT2D eigenvalue weighted by molar-refractivity contribution is 5.81. The Labute approximate surface area is 123 Å². The van der Waals surface area contributed by atoms with Crippen molar-refractivity contribution in [1.29, 1.82) is 0 Å². The molecule has 2 fully saturated rings. The van der Waals surface area contributed by atoms with Gasteiger partial charge < -0.3 is 10.1 Å². The van der Waals surface area contributed by atoms with E-state index in [0.29, 0.717) is 19.3 Å². The van der Waals surface area contributed by atoms with Gasteiger partial charge in [-0.3, -0.25) is 9.69 Å². The van der Waals surface area contributed by atoms with E-state index < -0.39 is 18.3 Å². The molecule has 122 valence electrons. The Hall–Kier alpha value is -0.820. The molecule has 0 aliphatic heterocycles. The van der Waals surface area contributed by atoms with E-state index in [1.54, 1.807) is 11.9 Å². The molecule has 0 heterocycles. The maximum atomic E-state index is 12.8. The Balaban J connectivity index is 2.12. The van der Waals surface area contributed by atoms with Gasteiger partial charge in [0, 0.05) is 12.1 Å². The van der Waals surface area contributed by atoms with Gasteiger partial charge in [-0.15, -0.1) is 0 Å². The predicted octanol–water partition coefficient (Wildman–Crippen LogP) is 2.09. The molecule has 0 aromatic heterocycles. The second-order valence-corrected chi connectivity index (χ2v) is 6.09. The number of rotatable bonds is 5. The highest BCUT2D eigenvalue weighted by Gasteiger charge is 2.48. The molecule has 0 spiro atoms. The van der Waals surface area contributed by atoms with Gasteiger partial charge in [-0.25, -0.2) is 0 Å². The average Bonchev–Trinajstić information content (AvgIpc) is 3.27. The Morgan fingerprint density at radius 3 is 2.48 bits per heavy atom. The minimum absolute atomic E-state index is 0.0157. The van der Waals surface area contributed by atoms with Gasteiger partial charge >= 0.3 is 12.1 Å². The number of methoxy groups -OCH3 is 1. The van der Waals surface area contributed by atoms with Crippen molar-refractivity contribution >= 4 is 5.97 Å². The molecule has 2 aliphatic carbocycles. The molecule has 2 saturated carbocycles. The number of hydrogen-bond acceptors (Lipinski definition) is 4. The van der Waals surface area contributed by atoms with Crippen LogP contribution in [0, 0.1) is 0 Å². The van der Waals surface area contributed by atoms with Crippen LogP contribution in [0.5, 0.6) is 0 Å². The number of likely N-dealkylation sites (N-methyl/N-ethyl adjacent to an activating group) is 1. The summed E-state index contributed by atoms with van der Waals surface area (Å²) in [7, 11) is 2.99. The molecule has 2 atom stereocenters. The fraction of sp³-hybridized carbons (Fsp3) is 0.929. The van der Waals surface area contributed by atoms with Crippen LogP contribution in [0.4, 0.5) is 13.2 Å². The van der Waals surface area contributed by atoms with Crippen LogP contribution in [-0.4, -0.2) is 55.4 Å². The predicted molar refractivity (Wildman–Crippen MR) is 71.8 cm³/mol. The minimum atomic E-state index is -4.20. The highest BCUT2D eigenvalue weighted by Crippen LogP contribution is 2.39. The summed E-state index contributed by atoms with van der Waals surface area (Å²) < 4.78 is 43.2. The van der Waals surface area contributed by atoms with Gasteiger partial charge in [0.05, 0.1) is 13.7 Å². The summed E-state index contributed by atoms with van der Waals surface area (Å²) in [5.41, 5.74) is -0.851. The van der Waals surface area contributed by atoms with Crippen molar-refractivity contribution in [2.24, 2.45) is 0 Å². The SMILES string of the molecule is CNC1(C(=O)OC)CCCC(N(CC(F)(F)F)C2CC2)C1. The number of hydrogen-bond donors (Lipinski definition) is 1. The zero-order valence-electron chi connectivity index (χ0n) is 12.5. The fourth-order valence-corrected chi connectivity index (χ4v) is 3.41. The lowest BCUT2D eigenvalue weighted by molar-refractivity contribution is -0.159. The Bertz CT molecular complexity index is 385. The maximum absolute atomic E-state index is 12.8. The summed E-state index contributed by atoms with van der Waals surface area (Å²) >= 11 is 0. The average molecular weight is 308 g/mol. The number of carbonyl (C=O) groups is 1. The molecule has 0 saturated heterocycles. The summed E-state index contributed by atoms with van der Waals surface area (Å²) in [4.78, 5) is 13.6. The summed E-state index contributed by atoms with van der Waals surface area (Å²) in [5, 5.41) is 2.99. The van der Waals surface area contributed by atoms with Crippen molar-refractivity contribution in [3.63, 3.8) is 0 Å². The van der Waals surface area contributed by atoms with Crippen LogP contribution < -0.4 is 5.32 Å². The number of nitrogens with one attached hydrogen (secondary N) is 1. The third kappa shape index (κ3) is 3.88. The lowest BCUT2D eigenvalue weighted by Crippen LogP contribution is -2.58. The van der Waals surface area contributed by atoms with E-state index in [4.69, 9.17) is 4.74 Å². The lowest BCUT2D eigenvalue weighted by atomic mass is 9.78. The maximum Gasteiger partial charge on any atom is 0.401 e. The topological polar surface area (TPSA) is 41.6 Å². The molecule has 2 aliphatic rings. The van der Waals surface area contributed by atoms with E-state index in [1.807, 2.05) is 0 Å². The normalized spacial score (nSPS) is 30.5. The van der Waals surface area contributed by atoms with Gasteiger partial charge in [-0.2, -0.15) is 13.2 Å². The minimum Gasteiger partial charge on any atom is -0.468 e. The Kier molecular flexibility index (Phi) is 4.82. The summed E-state index contributed by atoms with van der Waals surface area (Å²) in [5.74, 6) is -0.377. The van der Waals surface area contributed by atoms with E-state index in [1.165, 1.54) is 7.11 Å². The van der Waals surface area contributed by atoms with Crippen molar-refractivity contribution in [3.8, 4) is 0 Å². The first-order valence-electron chi connectivity index (χ1n) is 7.41. The number of halogens is 3. The number of esters is 1. The molecule has 0 radical (unpaired) electrons. The summed E-state index contributed by atoms with van der Waals surface area (Å²) in [6.45, 7) is -0.886. The van der Waals surface area contributed by atoms with Crippen LogP contribution in [0.1, 0.15) is 38.5 Å². The lowest BCUT2D eigenvalue weighted by Gasteiger charge is -2.43. The smallest absolute Gasteiger partial charge is 0.401 e. The van der Waals surface area contributed by atoms with Crippen LogP contribution in [0.15, 0.2) is 0 Å². The molecule has 2 unspecified atom stereocenters. The van der Waals surface area contributed by atoms with Crippen molar-refractivity contribution in [1.82, 2.24) is 10.2 Å². The Morgan fingerprint density at radius 1 is 1.33 bits per heavy atom. The Morgan fingerprint density at radius 2 is 2.00 bits per heavy atom. The van der Waals surface area contributed by atoms with Crippen LogP contribution in [-0.2, 0) is 9.53 Å². The van der Waals surface area contributed by atoms with E-state index in [9.17, 15) is 18.0 Å². The molecule has 2 rings (SSSR count). The van der Waals surface area contributed by atoms with Gasteiger partial charge in [0.25, 0.3) is 0 Å².